The molecule has 1 amide bonds. The van der Waals surface area contributed by atoms with Gasteiger partial charge in [-0.1, -0.05) is 0 Å². The molecular weight excluding hydrogens is 272 g/mol. The zero-order valence-electron chi connectivity index (χ0n) is 10.5. The number of hydrogen-bond donors (Lipinski definition) is 1. The number of nitrogens with zero attached hydrogens (tertiary/aromatic N) is 2. The number of piperidine rings is 1. The van der Waals surface area contributed by atoms with Crippen LogP contribution in [0, 0.1) is 27.7 Å². The third kappa shape index (κ3) is 2.68. The lowest BCUT2D eigenvalue weighted by atomic mass is 9.96. The minimum atomic E-state index is -0.978. The Morgan fingerprint density at radius 1 is 1.30 bits per heavy atom. The van der Waals surface area contributed by atoms with Gasteiger partial charge >= 0.3 is 0 Å². The molecular formula is C12H13F2N3O3. The molecule has 2 rings (SSSR count). The van der Waals surface area contributed by atoms with Crippen molar-refractivity contribution in [3.05, 3.63) is 33.9 Å². The molecule has 6 nitrogen and oxygen atoms in total. The molecule has 1 aromatic rings. The van der Waals surface area contributed by atoms with Crippen molar-refractivity contribution < 1.29 is 18.5 Å². The fourth-order valence-electron chi connectivity index (χ4n) is 2.35. The zero-order valence-corrected chi connectivity index (χ0v) is 10.5. The van der Waals surface area contributed by atoms with E-state index in [1.165, 1.54) is 4.90 Å². The zero-order chi connectivity index (χ0) is 14.9. The van der Waals surface area contributed by atoms with Crippen LogP contribution in [0.15, 0.2) is 12.1 Å². The number of carbonyl (C=O) groups is 1. The minimum Gasteiger partial charge on any atom is -0.369 e. The van der Waals surface area contributed by atoms with Crippen molar-refractivity contribution in [1.29, 1.82) is 0 Å². The van der Waals surface area contributed by atoms with Gasteiger partial charge in [0, 0.05) is 19.0 Å². The summed E-state index contributed by atoms with van der Waals surface area (Å²) in [7, 11) is 0. The smallest absolute Gasteiger partial charge is 0.275 e. The van der Waals surface area contributed by atoms with Gasteiger partial charge < -0.3 is 10.6 Å². The Morgan fingerprint density at radius 2 is 1.80 bits per heavy atom. The van der Waals surface area contributed by atoms with E-state index < -0.39 is 28.2 Å². The predicted molar refractivity (Wildman–Crippen MR) is 67.1 cm³/mol. The number of benzene rings is 1. The largest absolute Gasteiger partial charge is 0.369 e. The molecule has 2 N–H and O–H groups in total. The van der Waals surface area contributed by atoms with E-state index in [1.807, 2.05) is 0 Å². The topological polar surface area (TPSA) is 89.5 Å². The number of nitro benzene ring substituents is 1. The van der Waals surface area contributed by atoms with Gasteiger partial charge in [-0.05, 0) is 12.8 Å². The first-order chi connectivity index (χ1) is 9.40. The number of halogens is 2. The van der Waals surface area contributed by atoms with Crippen LogP contribution < -0.4 is 10.6 Å². The van der Waals surface area contributed by atoms with Crippen LogP contribution in [0.25, 0.3) is 0 Å². The first kappa shape index (κ1) is 14.2. The molecule has 1 saturated heterocycles. The number of nitro groups is 1. The van der Waals surface area contributed by atoms with Crippen molar-refractivity contribution in [3.8, 4) is 0 Å². The third-order valence-corrected chi connectivity index (χ3v) is 3.43. The molecule has 0 aromatic heterocycles. The van der Waals surface area contributed by atoms with Gasteiger partial charge in [-0.15, -0.1) is 0 Å². The van der Waals surface area contributed by atoms with E-state index in [0.717, 1.165) is 0 Å². The molecule has 1 aromatic carbocycles. The Balaban J connectivity index is 2.22. The highest BCUT2D eigenvalue weighted by Gasteiger charge is 2.27. The summed E-state index contributed by atoms with van der Waals surface area (Å²) in [4.78, 5) is 22.1. The number of nitrogens with two attached hydrogens (primary N) is 1. The van der Waals surface area contributed by atoms with E-state index in [0.29, 0.717) is 25.0 Å². The van der Waals surface area contributed by atoms with Gasteiger partial charge in [0.1, 0.15) is 5.69 Å². The van der Waals surface area contributed by atoms with Crippen LogP contribution in [-0.4, -0.2) is 23.9 Å². The highest BCUT2D eigenvalue weighted by molar-refractivity contribution is 5.77. The van der Waals surface area contributed by atoms with E-state index in [9.17, 15) is 23.7 Å². The van der Waals surface area contributed by atoms with Gasteiger partial charge in [-0.25, -0.2) is 8.78 Å². The van der Waals surface area contributed by atoms with Crippen molar-refractivity contribution in [2.24, 2.45) is 11.7 Å². The highest BCUT2D eigenvalue weighted by atomic mass is 19.1. The number of anilines is 1. The Hall–Kier alpha value is -2.25. The molecule has 0 bridgehead atoms. The van der Waals surface area contributed by atoms with E-state index in [-0.39, 0.29) is 24.7 Å². The van der Waals surface area contributed by atoms with Gasteiger partial charge in [0.2, 0.25) is 5.91 Å². The molecule has 0 aliphatic carbocycles. The maximum Gasteiger partial charge on any atom is 0.275 e. The molecule has 1 fully saturated rings. The van der Waals surface area contributed by atoms with Crippen LogP contribution in [0.4, 0.5) is 20.2 Å². The second-order valence-electron chi connectivity index (χ2n) is 4.68. The van der Waals surface area contributed by atoms with Gasteiger partial charge in [0.05, 0.1) is 17.1 Å². The molecule has 0 unspecified atom stereocenters. The second kappa shape index (κ2) is 5.40. The third-order valence-electron chi connectivity index (χ3n) is 3.43. The molecule has 1 aliphatic rings. The van der Waals surface area contributed by atoms with Gasteiger partial charge in [0.25, 0.3) is 5.69 Å². The molecule has 108 valence electrons. The maximum absolute atomic E-state index is 13.8. The van der Waals surface area contributed by atoms with Crippen molar-refractivity contribution in [3.63, 3.8) is 0 Å². The van der Waals surface area contributed by atoms with E-state index in [2.05, 4.69) is 0 Å². The molecule has 1 aliphatic heterocycles. The van der Waals surface area contributed by atoms with Crippen LogP contribution in [0.5, 0.6) is 0 Å². The van der Waals surface area contributed by atoms with E-state index >= 15 is 0 Å². The average molecular weight is 285 g/mol. The molecule has 20 heavy (non-hydrogen) atoms. The lowest BCUT2D eigenvalue weighted by Gasteiger charge is -2.32. The summed E-state index contributed by atoms with van der Waals surface area (Å²) in [6.45, 7) is 0.554. The number of amides is 1. The highest BCUT2D eigenvalue weighted by Crippen LogP contribution is 2.31. The van der Waals surface area contributed by atoms with Crippen LogP contribution in [0.3, 0.4) is 0 Å². The first-order valence-electron chi connectivity index (χ1n) is 6.08. The molecule has 0 spiro atoms. The molecule has 1 heterocycles. The Morgan fingerprint density at radius 3 is 2.20 bits per heavy atom. The molecule has 0 saturated carbocycles. The maximum atomic E-state index is 13.8. The monoisotopic (exact) mass is 285 g/mol. The summed E-state index contributed by atoms with van der Waals surface area (Å²) in [5, 5.41) is 10.5. The number of hydrogen-bond acceptors (Lipinski definition) is 4. The standard InChI is InChI=1S/C12H13F2N3O3/c13-9-5-8(17(19)20)6-10(14)11(9)16-3-1-7(2-4-16)12(15)18/h5-7H,1-4H2,(H2,15,18). The van der Waals surface area contributed by atoms with Crippen LogP contribution in [0.1, 0.15) is 12.8 Å². The summed E-state index contributed by atoms with van der Waals surface area (Å²) in [5.41, 5.74) is 4.26. The summed E-state index contributed by atoms with van der Waals surface area (Å²) < 4.78 is 27.7. The quantitative estimate of drug-likeness (QED) is 0.674. The molecule has 0 atom stereocenters. The van der Waals surface area contributed by atoms with Crippen molar-refractivity contribution in [1.82, 2.24) is 0 Å². The predicted octanol–water partition coefficient (Wildman–Crippen LogP) is 1.57. The summed E-state index contributed by atoms with van der Waals surface area (Å²) in [6.07, 6.45) is 0.816. The lowest BCUT2D eigenvalue weighted by Crippen LogP contribution is -2.39. The van der Waals surface area contributed by atoms with Crippen molar-refractivity contribution >= 4 is 17.3 Å². The summed E-state index contributed by atoms with van der Waals surface area (Å²) >= 11 is 0. The SMILES string of the molecule is NC(=O)C1CCN(c2c(F)cc([N+](=O)[O-])cc2F)CC1. The first-order valence-corrected chi connectivity index (χ1v) is 6.08. The van der Waals surface area contributed by atoms with Crippen molar-refractivity contribution in [2.45, 2.75) is 12.8 Å². The Labute approximate surface area is 113 Å². The van der Waals surface area contributed by atoms with Crippen LogP contribution in [-0.2, 0) is 4.79 Å². The number of primary amides is 1. The van der Waals surface area contributed by atoms with Crippen molar-refractivity contribution in [2.75, 3.05) is 18.0 Å². The average Bonchev–Trinajstić information content (AvgIpc) is 2.38. The van der Waals surface area contributed by atoms with E-state index in [4.69, 9.17) is 5.73 Å². The van der Waals surface area contributed by atoms with Gasteiger partial charge in [-0.3, -0.25) is 14.9 Å². The fraction of sp³-hybridized carbons (Fsp3) is 0.417. The minimum absolute atomic E-state index is 0.277. The summed E-state index contributed by atoms with van der Waals surface area (Å²) in [5.74, 6) is -2.67. The number of rotatable bonds is 3. The number of non-ortho nitro benzene ring substituents is 1. The molecule has 8 heteroatoms. The normalized spacial score (nSPS) is 16.2. The fourth-order valence-corrected chi connectivity index (χ4v) is 2.35. The van der Waals surface area contributed by atoms with Gasteiger partial charge in [0.15, 0.2) is 11.6 Å². The summed E-state index contributed by atoms with van der Waals surface area (Å²) in [6, 6.07) is 1.39. The van der Waals surface area contributed by atoms with Crippen LogP contribution in [0.2, 0.25) is 0 Å². The van der Waals surface area contributed by atoms with Gasteiger partial charge in [-0.2, -0.15) is 0 Å². The Bertz CT molecular complexity index is 534. The Kier molecular flexibility index (Phi) is 3.82. The van der Waals surface area contributed by atoms with E-state index in [1.54, 1.807) is 0 Å². The lowest BCUT2D eigenvalue weighted by molar-refractivity contribution is -0.385. The molecule has 0 radical (unpaired) electrons. The van der Waals surface area contributed by atoms with Crippen LogP contribution >= 0.6 is 0 Å². The second-order valence-corrected chi connectivity index (χ2v) is 4.68. The number of carbonyl (C=O) groups excluding carboxylic acids is 1.